The molecule has 2 N–H and O–H groups in total. The molecule has 1 atom stereocenters. The van der Waals surface area contributed by atoms with E-state index in [-0.39, 0.29) is 25.2 Å². The number of rotatable bonds is 11. The molecule has 3 aromatic rings. The molecule has 3 aromatic carbocycles. The second-order valence-electron chi connectivity index (χ2n) is 8.05. The number of alkyl carbamates (subject to hydrolysis) is 1. The van der Waals surface area contributed by atoms with E-state index < -0.39 is 17.6 Å². The topological polar surface area (TPSA) is 102 Å². The number of ketones is 1. The van der Waals surface area contributed by atoms with Crippen LogP contribution in [0.1, 0.15) is 41.3 Å². The van der Waals surface area contributed by atoms with E-state index in [2.05, 4.69) is 5.32 Å². The predicted molar refractivity (Wildman–Crippen MR) is 127 cm³/mol. The molecule has 0 saturated carbocycles. The largest absolute Gasteiger partial charge is 0.489 e. The van der Waals surface area contributed by atoms with Crippen molar-refractivity contribution in [2.45, 2.75) is 38.5 Å². The number of ether oxygens (including phenoxy) is 2. The van der Waals surface area contributed by atoms with Gasteiger partial charge in [0.05, 0.1) is 0 Å². The Kier molecular flexibility index (Phi) is 8.40. The van der Waals surface area contributed by atoms with Gasteiger partial charge in [0.25, 0.3) is 0 Å². The van der Waals surface area contributed by atoms with E-state index in [0.29, 0.717) is 17.9 Å². The number of aliphatic carboxylic acids is 1. The second-order valence-corrected chi connectivity index (χ2v) is 8.05. The number of amides is 1. The van der Waals surface area contributed by atoms with Crippen LogP contribution in [0.25, 0.3) is 0 Å². The number of benzene rings is 3. The van der Waals surface area contributed by atoms with Crippen molar-refractivity contribution in [2.24, 2.45) is 0 Å². The Balaban J connectivity index is 1.51. The molecule has 0 aromatic heterocycles. The molecule has 7 nitrogen and oxygen atoms in total. The number of carboxylic acids is 1. The van der Waals surface area contributed by atoms with Gasteiger partial charge >= 0.3 is 12.1 Å². The van der Waals surface area contributed by atoms with Gasteiger partial charge in [-0.1, -0.05) is 60.7 Å². The highest BCUT2D eigenvalue weighted by atomic mass is 16.5. The van der Waals surface area contributed by atoms with Gasteiger partial charge in [-0.3, -0.25) is 4.79 Å². The van der Waals surface area contributed by atoms with Crippen LogP contribution in [0.3, 0.4) is 0 Å². The third kappa shape index (κ3) is 7.20. The van der Waals surface area contributed by atoms with Gasteiger partial charge in [0.2, 0.25) is 0 Å². The maximum atomic E-state index is 12.6. The number of hydrogen-bond acceptors (Lipinski definition) is 5. The molecule has 7 heteroatoms. The molecular formula is C27H27NO6. The zero-order valence-corrected chi connectivity index (χ0v) is 18.9. The molecular weight excluding hydrogens is 434 g/mol. The van der Waals surface area contributed by atoms with E-state index in [0.717, 1.165) is 11.1 Å². The van der Waals surface area contributed by atoms with Gasteiger partial charge in [0, 0.05) is 12.0 Å². The summed E-state index contributed by atoms with van der Waals surface area (Å²) in [5, 5.41) is 12.0. The molecule has 0 unspecified atom stereocenters. The second kappa shape index (κ2) is 11.7. The van der Waals surface area contributed by atoms with Crippen LogP contribution < -0.4 is 10.1 Å². The normalized spacial score (nSPS) is 12.3. The van der Waals surface area contributed by atoms with Crippen LogP contribution in [0, 0.1) is 0 Å². The average molecular weight is 462 g/mol. The minimum atomic E-state index is -1.65. The van der Waals surface area contributed by atoms with Crippen LogP contribution in [-0.4, -0.2) is 28.5 Å². The van der Waals surface area contributed by atoms with Crippen LogP contribution in [0.15, 0.2) is 84.9 Å². The molecule has 0 saturated heterocycles. The Morgan fingerprint density at radius 2 is 1.38 bits per heavy atom. The molecule has 3 rings (SSSR count). The minimum absolute atomic E-state index is 0.0139. The third-order valence-electron chi connectivity index (χ3n) is 5.34. The van der Waals surface area contributed by atoms with Crippen molar-refractivity contribution in [1.82, 2.24) is 5.32 Å². The molecule has 0 radical (unpaired) electrons. The van der Waals surface area contributed by atoms with Crippen LogP contribution in [-0.2, 0) is 22.7 Å². The highest BCUT2D eigenvalue weighted by Crippen LogP contribution is 2.19. The SMILES string of the molecule is C[C@@](CCC(=O)c1ccc(OCc2ccccc2)cc1)(NC(=O)OCc1ccccc1)C(=O)O. The van der Waals surface area contributed by atoms with Crippen molar-refractivity contribution in [1.29, 1.82) is 0 Å². The first kappa shape index (κ1) is 24.5. The van der Waals surface area contributed by atoms with Gasteiger partial charge in [-0.2, -0.15) is 0 Å². The van der Waals surface area contributed by atoms with Gasteiger partial charge in [0.1, 0.15) is 24.5 Å². The maximum absolute atomic E-state index is 12.6. The molecule has 0 aliphatic rings. The van der Waals surface area contributed by atoms with Gasteiger partial charge in [-0.15, -0.1) is 0 Å². The Morgan fingerprint density at radius 1 is 0.824 bits per heavy atom. The summed E-state index contributed by atoms with van der Waals surface area (Å²) in [7, 11) is 0. The number of carbonyl (C=O) groups is 3. The lowest BCUT2D eigenvalue weighted by Gasteiger charge is -2.25. The van der Waals surface area contributed by atoms with Crippen molar-refractivity contribution in [3.63, 3.8) is 0 Å². The van der Waals surface area contributed by atoms with E-state index in [1.807, 2.05) is 48.5 Å². The summed E-state index contributed by atoms with van der Waals surface area (Å²) in [6, 6.07) is 25.5. The monoisotopic (exact) mass is 461 g/mol. The lowest BCUT2D eigenvalue weighted by atomic mass is 9.93. The summed E-state index contributed by atoms with van der Waals surface area (Å²) >= 11 is 0. The summed E-state index contributed by atoms with van der Waals surface area (Å²) in [5.74, 6) is -0.859. The first-order valence-corrected chi connectivity index (χ1v) is 10.9. The van der Waals surface area contributed by atoms with Crippen molar-refractivity contribution < 1.29 is 29.0 Å². The van der Waals surface area contributed by atoms with E-state index >= 15 is 0 Å². The quantitative estimate of drug-likeness (QED) is 0.390. The van der Waals surface area contributed by atoms with Crippen molar-refractivity contribution in [3.8, 4) is 5.75 Å². The number of carbonyl (C=O) groups excluding carboxylic acids is 2. The van der Waals surface area contributed by atoms with Crippen LogP contribution in [0.5, 0.6) is 5.75 Å². The van der Waals surface area contributed by atoms with Crippen LogP contribution in [0.2, 0.25) is 0 Å². The molecule has 0 bridgehead atoms. The van der Waals surface area contributed by atoms with Crippen molar-refractivity contribution >= 4 is 17.8 Å². The predicted octanol–water partition coefficient (Wildman–Crippen LogP) is 5.00. The molecule has 176 valence electrons. The highest BCUT2D eigenvalue weighted by Gasteiger charge is 2.36. The number of Topliss-reactive ketones (excluding diaryl/α,β-unsaturated/α-hetero) is 1. The molecule has 1 amide bonds. The van der Waals surface area contributed by atoms with Crippen LogP contribution >= 0.6 is 0 Å². The fourth-order valence-corrected chi connectivity index (χ4v) is 3.19. The van der Waals surface area contributed by atoms with Gasteiger partial charge in [0.15, 0.2) is 5.78 Å². The Bertz CT molecular complexity index is 1100. The summed E-state index contributed by atoms with van der Waals surface area (Å²) in [6.45, 7) is 1.78. The van der Waals surface area contributed by atoms with Crippen LogP contribution in [0.4, 0.5) is 4.79 Å². The minimum Gasteiger partial charge on any atom is -0.489 e. The zero-order valence-electron chi connectivity index (χ0n) is 18.9. The maximum Gasteiger partial charge on any atom is 0.408 e. The lowest BCUT2D eigenvalue weighted by molar-refractivity contribution is -0.144. The molecule has 0 heterocycles. The smallest absolute Gasteiger partial charge is 0.408 e. The molecule has 34 heavy (non-hydrogen) atoms. The Hall–Kier alpha value is -4.13. The molecule has 0 fully saturated rings. The summed E-state index contributed by atoms with van der Waals surface area (Å²) in [4.78, 5) is 36.6. The van der Waals surface area contributed by atoms with Gasteiger partial charge in [-0.25, -0.2) is 9.59 Å². The first-order chi connectivity index (χ1) is 16.4. The first-order valence-electron chi connectivity index (χ1n) is 10.9. The van der Waals surface area contributed by atoms with Gasteiger partial charge in [-0.05, 0) is 48.7 Å². The number of carboxylic acid groups (broad SMARTS) is 1. The number of nitrogens with one attached hydrogen (secondary N) is 1. The third-order valence-corrected chi connectivity index (χ3v) is 5.34. The molecule has 0 spiro atoms. The Morgan fingerprint density at radius 3 is 1.94 bits per heavy atom. The summed E-state index contributed by atoms with van der Waals surface area (Å²) in [5.41, 5.74) is 0.597. The van der Waals surface area contributed by atoms with Crippen molar-refractivity contribution in [3.05, 3.63) is 102 Å². The fourth-order valence-electron chi connectivity index (χ4n) is 3.19. The van der Waals surface area contributed by atoms with E-state index in [1.54, 1.807) is 36.4 Å². The summed E-state index contributed by atoms with van der Waals surface area (Å²) < 4.78 is 10.8. The Labute approximate surface area is 198 Å². The fraction of sp³-hybridized carbons (Fsp3) is 0.222. The number of hydrogen-bond donors (Lipinski definition) is 2. The molecule has 0 aliphatic heterocycles. The summed E-state index contributed by atoms with van der Waals surface area (Å²) in [6.07, 6.45) is -1.01. The van der Waals surface area contributed by atoms with Crippen molar-refractivity contribution in [2.75, 3.05) is 0 Å². The van der Waals surface area contributed by atoms with E-state index in [9.17, 15) is 19.5 Å². The zero-order chi connectivity index (χ0) is 24.4. The highest BCUT2D eigenvalue weighted by molar-refractivity contribution is 5.96. The van der Waals surface area contributed by atoms with E-state index in [4.69, 9.17) is 9.47 Å². The average Bonchev–Trinajstić information content (AvgIpc) is 2.86. The molecule has 0 aliphatic carbocycles. The standard InChI is InChI=1S/C27H27NO6/c1-27(25(30)31,28-26(32)34-19-21-10-6-3-7-11-21)17-16-24(29)22-12-14-23(15-13-22)33-18-20-8-4-2-5-9-20/h2-15H,16-19H2,1H3,(H,28,32)(H,30,31)/t27-/m0/s1. The van der Waals surface area contributed by atoms with E-state index in [1.165, 1.54) is 6.92 Å². The lowest BCUT2D eigenvalue weighted by Crippen LogP contribution is -2.52. The van der Waals surface area contributed by atoms with Gasteiger partial charge < -0.3 is 19.9 Å².